The van der Waals surface area contributed by atoms with Crippen molar-refractivity contribution in [3.05, 3.63) is 58.7 Å². The number of halogens is 2. The molecule has 1 amide bonds. The first-order valence-electron chi connectivity index (χ1n) is 25.4. The number of carbonyl (C=O) groups excluding carboxylic acids is 2. The highest BCUT2D eigenvalue weighted by Crippen LogP contribution is 2.60. The summed E-state index contributed by atoms with van der Waals surface area (Å²) in [6, 6.07) is 5.10. The number of hydrogen-bond acceptors (Lipinski definition) is 15. The lowest BCUT2D eigenvalue weighted by atomic mass is 9.68. The van der Waals surface area contributed by atoms with Gasteiger partial charge in [-0.05, 0) is 95.1 Å². The Labute approximate surface area is 436 Å². The monoisotopic (exact) mass is 1060 g/mol. The molecule has 3 saturated carbocycles. The van der Waals surface area contributed by atoms with Gasteiger partial charge < -0.3 is 57.7 Å². The van der Waals surface area contributed by atoms with Crippen molar-refractivity contribution < 1.29 is 67.4 Å². The van der Waals surface area contributed by atoms with Crippen molar-refractivity contribution in [1.29, 1.82) is 0 Å². The zero-order chi connectivity index (χ0) is 51.7. The van der Waals surface area contributed by atoms with Crippen molar-refractivity contribution in [2.24, 2.45) is 29.6 Å². The molecule has 5 heterocycles. The molecule has 0 aromatic heterocycles. The summed E-state index contributed by atoms with van der Waals surface area (Å²) in [7, 11) is 3.28. The lowest BCUT2D eigenvalue weighted by Crippen LogP contribution is -2.56. The second kappa shape index (κ2) is 26.1. The zero-order valence-corrected chi connectivity index (χ0v) is 44.2. The highest BCUT2D eigenvalue weighted by molar-refractivity contribution is 6.40. The third-order valence-electron chi connectivity index (χ3n) is 15.5. The minimum absolute atomic E-state index is 0. The number of benzene rings is 1. The summed E-state index contributed by atoms with van der Waals surface area (Å²) in [4.78, 5) is 37.2. The number of amides is 1. The molecule has 1 aromatic carbocycles. The van der Waals surface area contributed by atoms with Crippen LogP contribution in [0, 0.1) is 39.7 Å². The highest BCUT2D eigenvalue weighted by atomic mass is 35.5. The van der Waals surface area contributed by atoms with Gasteiger partial charge in [-0.15, -0.1) is 23.2 Å². The summed E-state index contributed by atoms with van der Waals surface area (Å²) < 4.78 is 52.7. The van der Waals surface area contributed by atoms with Crippen LogP contribution in [0.2, 0.25) is 0 Å². The standard InChI is InChI=1S/C23H29NO8.C22H35NO6.C6H12O.CH2Cl2.CH4/c1-14(2)5-10-18-22(3,32-18)20-19(28-4)17(11-12-23(20)13-29-23)31-21(25)30-16-8-6-15(7-9-16)24(26)27;1-14(2)7-8-17-21(3,29-17)19-18(26-4)16(9-10-22(19)13-27-22)28-20(25)23-11-5-6-15(23)12-24;7-5-6-3-1-2-4-6;2-1-3;/h5-10,14,17-20H,11-13H2,1-4H3;7-8,14-19,24H,5-6,9-13H2,1-4H3;6-7H,1-5H2;1H2;1H4/b10-5+;8-7+;;;/t17-,18-,19-,20?,22+,23+;15?,16-,17-,18-,19?,21+,22+;;;/m11.../s1. The van der Waals surface area contributed by atoms with Crippen molar-refractivity contribution in [3.8, 4) is 5.75 Å². The second-order valence-corrected chi connectivity index (χ2v) is 21.9. The minimum atomic E-state index is -0.879. The van der Waals surface area contributed by atoms with E-state index in [0.29, 0.717) is 57.0 Å². The number of nitro groups is 1. The fourth-order valence-electron chi connectivity index (χ4n) is 11.4. The summed E-state index contributed by atoms with van der Waals surface area (Å²) in [6.07, 6.45) is 15.5. The summed E-state index contributed by atoms with van der Waals surface area (Å²) in [5.41, 5.74) is -1.49. The Kier molecular flexibility index (Phi) is 21.7. The number of rotatable bonds is 14. The van der Waals surface area contributed by atoms with E-state index in [9.17, 15) is 24.8 Å². The molecule has 19 heteroatoms. The van der Waals surface area contributed by atoms with Crippen LogP contribution in [-0.4, -0.2) is 150 Å². The average Bonchev–Trinajstić information content (AvgIpc) is 4.33. The maximum Gasteiger partial charge on any atom is 0.514 e. The molecule has 13 atom stereocenters. The van der Waals surface area contributed by atoms with Crippen molar-refractivity contribution in [3.63, 3.8) is 0 Å². The number of nitrogens with zero attached hydrogens (tertiary/aromatic N) is 2. The van der Waals surface area contributed by atoms with Crippen LogP contribution in [-0.2, 0) is 37.9 Å². The number of methoxy groups -OCH3 is 2. The van der Waals surface area contributed by atoms with E-state index < -0.39 is 28.9 Å². The van der Waals surface area contributed by atoms with E-state index in [1.807, 2.05) is 0 Å². The van der Waals surface area contributed by atoms with Crippen molar-refractivity contribution in [1.82, 2.24) is 4.90 Å². The van der Waals surface area contributed by atoms with E-state index in [1.54, 1.807) is 19.1 Å². The number of allylic oxidation sites excluding steroid dienone is 2. The Hall–Kier alpha value is -3.10. The first-order chi connectivity index (χ1) is 33.9. The van der Waals surface area contributed by atoms with Gasteiger partial charge in [0.1, 0.15) is 64.8 Å². The van der Waals surface area contributed by atoms with Gasteiger partial charge in [0.2, 0.25) is 0 Å². The van der Waals surface area contributed by atoms with Crippen LogP contribution >= 0.6 is 23.2 Å². The van der Waals surface area contributed by atoms with Crippen LogP contribution in [0.3, 0.4) is 0 Å². The van der Waals surface area contributed by atoms with Gasteiger partial charge in [-0.2, -0.15) is 0 Å². The molecule has 3 aliphatic carbocycles. The van der Waals surface area contributed by atoms with Crippen molar-refractivity contribution in [2.75, 3.05) is 52.5 Å². The van der Waals surface area contributed by atoms with E-state index in [4.69, 9.17) is 70.9 Å². The maximum atomic E-state index is 12.8. The maximum absolute atomic E-state index is 12.8. The normalized spacial score (nSPS) is 36.2. The van der Waals surface area contributed by atoms with E-state index in [2.05, 4.69) is 65.8 Å². The molecule has 0 radical (unpaired) electrons. The zero-order valence-electron chi connectivity index (χ0n) is 42.7. The van der Waals surface area contributed by atoms with Crippen LogP contribution in [0.15, 0.2) is 48.6 Å². The van der Waals surface area contributed by atoms with Crippen LogP contribution in [0.1, 0.15) is 113 Å². The molecule has 3 unspecified atom stereocenters. The fourth-order valence-corrected chi connectivity index (χ4v) is 11.4. The number of hydrogen-bond donors (Lipinski definition) is 2. The predicted molar refractivity (Wildman–Crippen MR) is 272 cm³/mol. The molecular weight excluding hydrogens is 975 g/mol. The molecule has 72 heavy (non-hydrogen) atoms. The molecule has 0 bridgehead atoms. The molecule has 8 aliphatic rings. The third-order valence-corrected chi connectivity index (χ3v) is 15.5. The molecule has 17 nitrogen and oxygen atoms in total. The Morgan fingerprint density at radius 1 is 0.792 bits per heavy atom. The summed E-state index contributed by atoms with van der Waals surface area (Å²) in [5.74, 6) is 1.60. The number of alkyl halides is 2. The molecule has 1 aromatic rings. The van der Waals surface area contributed by atoms with Gasteiger partial charge in [0.15, 0.2) is 0 Å². The average molecular weight is 1060 g/mol. The molecule has 2 spiro atoms. The lowest BCUT2D eigenvalue weighted by molar-refractivity contribution is -0.384. The van der Waals surface area contributed by atoms with Gasteiger partial charge in [-0.25, -0.2) is 9.59 Å². The van der Waals surface area contributed by atoms with E-state index in [-0.39, 0.29) is 96.0 Å². The summed E-state index contributed by atoms with van der Waals surface area (Å²) >= 11 is 9.53. The summed E-state index contributed by atoms with van der Waals surface area (Å²) in [5, 5.41) is 29.1. The predicted octanol–water partition coefficient (Wildman–Crippen LogP) is 9.78. The Balaban J connectivity index is 0.000000222. The van der Waals surface area contributed by atoms with Crippen LogP contribution in [0.5, 0.6) is 5.75 Å². The largest absolute Gasteiger partial charge is 0.514 e. The van der Waals surface area contributed by atoms with Crippen molar-refractivity contribution >= 4 is 41.1 Å². The third kappa shape index (κ3) is 14.4. The molecule has 408 valence electrons. The Morgan fingerprint density at radius 2 is 1.26 bits per heavy atom. The first kappa shape index (κ1) is 59.8. The number of epoxide rings is 4. The molecule has 2 N–H and O–H groups in total. The van der Waals surface area contributed by atoms with Crippen LogP contribution in [0.25, 0.3) is 0 Å². The highest BCUT2D eigenvalue weighted by Gasteiger charge is 2.73. The quantitative estimate of drug-likeness (QED) is 0.0337. The SMILES string of the molecule is C.CO[C@H]1C([C@@]2(C)O[C@@H]2/C=C/C(C)C)[C@]2(CC[C@H]1OC(=O)N1CCCC1CO)CO2.CO[C@H]1C([C@@]2(C)O[C@@H]2/C=C/C(C)C)[C@]2(CC[C@H]1OC(=O)Oc1ccc([N+](=O)[O-])cc1)CO2.ClCCl.OCC1CCCC1. The summed E-state index contributed by atoms with van der Waals surface area (Å²) in [6.45, 7) is 15.1. The minimum Gasteiger partial charge on any atom is -0.443 e. The number of aliphatic hydroxyl groups is 2. The number of non-ortho nitro benzene ring substituents is 1. The van der Waals surface area contributed by atoms with E-state index in [0.717, 1.165) is 25.7 Å². The van der Waals surface area contributed by atoms with Crippen molar-refractivity contribution in [2.45, 2.75) is 178 Å². The number of ether oxygens (including phenoxy) is 9. The number of likely N-dealkylation sites (tertiary alicyclic amines) is 1. The Bertz CT molecular complexity index is 1960. The number of nitro benzene ring substituents is 1. The van der Waals surface area contributed by atoms with Gasteiger partial charge in [-0.1, -0.05) is 72.3 Å². The lowest BCUT2D eigenvalue weighted by Gasteiger charge is -2.43. The van der Waals surface area contributed by atoms with Gasteiger partial charge in [-0.3, -0.25) is 10.1 Å². The molecule has 8 fully saturated rings. The van der Waals surface area contributed by atoms with E-state index in [1.165, 1.54) is 49.9 Å². The fraction of sp³-hybridized carbons (Fsp3) is 0.774. The molecule has 9 rings (SSSR count). The van der Waals surface area contributed by atoms with E-state index >= 15 is 0 Å². The topological polar surface area (TPSA) is 217 Å². The molecular formula is C53H82Cl2N2O15. The van der Waals surface area contributed by atoms with Crippen LogP contribution < -0.4 is 4.74 Å². The molecule has 5 aliphatic heterocycles. The first-order valence-corrected chi connectivity index (χ1v) is 26.4. The van der Waals surface area contributed by atoms with Gasteiger partial charge in [0, 0.05) is 39.5 Å². The smallest absolute Gasteiger partial charge is 0.443 e. The second-order valence-electron chi connectivity index (χ2n) is 21.1. The molecule has 5 saturated heterocycles. The number of carbonyl (C=O) groups is 2. The Morgan fingerprint density at radius 3 is 1.65 bits per heavy atom. The van der Waals surface area contributed by atoms with Gasteiger partial charge in [0.25, 0.3) is 5.69 Å². The van der Waals surface area contributed by atoms with Crippen LogP contribution in [0.4, 0.5) is 15.3 Å². The van der Waals surface area contributed by atoms with Gasteiger partial charge >= 0.3 is 12.2 Å². The van der Waals surface area contributed by atoms with Gasteiger partial charge in [0.05, 0.1) is 48.0 Å². The number of aliphatic hydroxyl groups excluding tert-OH is 2.